The average molecular weight is 904 g/mol. The van der Waals surface area contributed by atoms with Gasteiger partial charge in [-0.3, -0.25) is 19.3 Å². The summed E-state index contributed by atoms with van der Waals surface area (Å²) in [5.41, 5.74) is 7.90. The Kier molecular flexibility index (Phi) is 10.9. The second-order valence-corrected chi connectivity index (χ2v) is 17.2. The van der Waals surface area contributed by atoms with Crippen molar-refractivity contribution in [3.63, 3.8) is 0 Å². The average Bonchev–Trinajstić information content (AvgIpc) is 4.13. The number of aryl methyl sites for hydroxylation is 3. The normalized spacial score (nSPS) is 16.3. The summed E-state index contributed by atoms with van der Waals surface area (Å²) in [5, 5.41) is 29.1. The molecule has 0 aliphatic carbocycles. The van der Waals surface area contributed by atoms with E-state index in [9.17, 15) is 9.59 Å². The number of ether oxygens (including phenoxy) is 2. The highest BCUT2D eigenvalue weighted by atomic mass is 16.5. The number of benzene rings is 3. The van der Waals surface area contributed by atoms with Gasteiger partial charge in [0.2, 0.25) is 0 Å². The topological polar surface area (TPSA) is 195 Å². The number of aromatic nitrogens is 11. The molecular formula is C51H45N13O4. The smallest absolute Gasteiger partial charge is 0.260 e. The number of nitrogens with one attached hydrogen (secondary N) is 2. The van der Waals surface area contributed by atoms with E-state index in [4.69, 9.17) is 19.4 Å². The summed E-state index contributed by atoms with van der Waals surface area (Å²) in [4.78, 5) is 43.2. The fraction of sp³-hybridized carbons (Fsp3) is 0.216. The highest BCUT2D eigenvalue weighted by molar-refractivity contribution is 6.07. The summed E-state index contributed by atoms with van der Waals surface area (Å²) in [6, 6.07) is 30.5. The number of carbonyl (C=O) groups is 2. The Labute approximate surface area is 390 Å². The van der Waals surface area contributed by atoms with E-state index in [-0.39, 0.29) is 18.6 Å². The van der Waals surface area contributed by atoms with E-state index in [2.05, 4.69) is 54.1 Å². The lowest BCUT2D eigenvalue weighted by Gasteiger charge is -2.23. The largest absolute Gasteiger partial charge is 0.493 e. The molecule has 2 amide bonds. The first-order valence-electron chi connectivity index (χ1n) is 22.5. The van der Waals surface area contributed by atoms with Gasteiger partial charge in [-0.25, -0.2) is 9.97 Å². The molecule has 4 bridgehead atoms. The molecule has 9 aromatic rings. The molecule has 2 aliphatic rings. The van der Waals surface area contributed by atoms with E-state index in [0.717, 1.165) is 50.8 Å². The van der Waals surface area contributed by atoms with Crippen molar-refractivity contribution in [1.29, 1.82) is 0 Å². The van der Waals surface area contributed by atoms with E-state index in [0.29, 0.717) is 83.3 Å². The number of hydrogen-bond donors (Lipinski definition) is 2. The van der Waals surface area contributed by atoms with Crippen LogP contribution in [0.25, 0.3) is 56.2 Å². The SMILES string of the molecule is Cc1ccc(-c2ccc3c(c2)C(=O)Nc2cc(C4CCn5cnnc5-c5cccc(n5)NC(=O)c5cc(-c6ccc7c(cnn7C)c6)ccc5OC4)cc(n2)-c2nncn2C(C)CCCO3)cn1. The van der Waals surface area contributed by atoms with Crippen molar-refractivity contribution in [3.8, 4) is 56.8 Å². The molecule has 11 rings (SSSR count). The molecule has 3 aromatic carbocycles. The zero-order valence-electron chi connectivity index (χ0n) is 37.5. The van der Waals surface area contributed by atoms with Gasteiger partial charge in [-0.1, -0.05) is 30.3 Å². The number of rotatable bonds is 3. The zero-order valence-corrected chi connectivity index (χ0v) is 37.5. The molecule has 17 heteroatoms. The molecular weight excluding hydrogens is 859 g/mol. The van der Waals surface area contributed by atoms with E-state index >= 15 is 0 Å². The molecule has 17 nitrogen and oxygen atoms in total. The Balaban J connectivity index is 1.01. The summed E-state index contributed by atoms with van der Waals surface area (Å²) < 4.78 is 18.8. The highest BCUT2D eigenvalue weighted by Crippen LogP contribution is 2.35. The molecule has 0 fully saturated rings. The van der Waals surface area contributed by atoms with Crippen molar-refractivity contribution in [3.05, 3.63) is 144 Å². The number of fused-ring (bicyclic) bond motifs is 11. The molecule has 0 spiro atoms. The first-order valence-corrected chi connectivity index (χ1v) is 22.5. The van der Waals surface area contributed by atoms with Crippen LogP contribution in [0.1, 0.15) is 70.1 Å². The minimum absolute atomic E-state index is 0.00157. The second-order valence-electron chi connectivity index (χ2n) is 17.2. The van der Waals surface area contributed by atoms with Crippen molar-refractivity contribution in [2.24, 2.45) is 7.05 Å². The third-order valence-corrected chi connectivity index (χ3v) is 12.6. The van der Waals surface area contributed by atoms with Crippen LogP contribution in [0.15, 0.2) is 122 Å². The van der Waals surface area contributed by atoms with Crippen molar-refractivity contribution in [1.82, 2.24) is 54.3 Å². The van der Waals surface area contributed by atoms with Crippen LogP contribution in [0.5, 0.6) is 11.5 Å². The third-order valence-electron chi connectivity index (χ3n) is 12.6. The number of amides is 2. The van der Waals surface area contributed by atoms with E-state index in [1.54, 1.807) is 24.9 Å². The van der Waals surface area contributed by atoms with Crippen molar-refractivity contribution in [2.75, 3.05) is 23.8 Å². The van der Waals surface area contributed by atoms with Gasteiger partial charge >= 0.3 is 0 Å². The Morgan fingerprint density at radius 3 is 2.24 bits per heavy atom. The number of nitrogens with zero attached hydrogens (tertiary/aromatic N) is 11. The van der Waals surface area contributed by atoms with E-state index in [1.807, 2.05) is 119 Å². The fourth-order valence-electron chi connectivity index (χ4n) is 8.87. The van der Waals surface area contributed by atoms with Gasteiger partial charge in [0.05, 0.1) is 36.1 Å². The lowest BCUT2D eigenvalue weighted by molar-refractivity contribution is 0.101. The summed E-state index contributed by atoms with van der Waals surface area (Å²) in [6.07, 6.45) is 9.00. The van der Waals surface area contributed by atoms with Gasteiger partial charge in [0.15, 0.2) is 11.6 Å². The quantitative estimate of drug-likeness (QED) is 0.171. The van der Waals surface area contributed by atoms with Crippen LogP contribution in [-0.4, -0.2) is 79.3 Å². The number of pyridine rings is 3. The predicted octanol–water partition coefficient (Wildman–Crippen LogP) is 8.72. The molecule has 2 aliphatic heterocycles. The van der Waals surface area contributed by atoms with Gasteiger partial charge in [0.25, 0.3) is 11.8 Å². The first kappa shape index (κ1) is 42.1. The third kappa shape index (κ3) is 8.29. The molecule has 6 aromatic heterocycles. The Morgan fingerprint density at radius 1 is 0.691 bits per heavy atom. The number of anilines is 2. The highest BCUT2D eigenvalue weighted by Gasteiger charge is 2.25. The van der Waals surface area contributed by atoms with Crippen LogP contribution >= 0.6 is 0 Å². The van der Waals surface area contributed by atoms with Crippen LogP contribution in [0.2, 0.25) is 0 Å². The number of carbonyl (C=O) groups excluding carboxylic acids is 2. The lowest BCUT2D eigenvalue weighted by Crippen LogP contribution is -2.20. The van der Waals surface area contributed by atoms with Crippen molar-refractivity contribution in [2.45, 2.75) is 51.6 Å². The standard InChI is InChI=1S/C51H45N13O4/c1-30-9-10-35(25-52-30)34-13-15-44-39(22-34)51(66)59-47-24-37(23-42(57-47)49-61-54-29-64(49)31(2)6-5-19-67-44)36-17-18-63-28-53-60-48(63)41-7-4-8-46(56-41)58-50(65)40-21-33(12-16-45(40)68-27-36)32-11-14-43-38(20-32)26-55-62(43)3/h4,7-16,20-26,28-29,31,36H,5-6,17-19,27H2,1-3H3,(H,56,58,65)(H,57,59,66). The monoisotopic (exact) mass is 903 g/mol. The molecule has 2 N–H and O–H groups in total. The molecule has 0 saturated carbocycles. The maximum atomic E-state index is 14.5. The second kappa shape index (κ2) is 17.7. The minimum Gasteiger partial charge on any atom is -0.493 e. The van der Waals surface area contributed by atoms with Crippen LogP contribution in [0.4, 0.5) is 11.6 Å². The molecule has 68 heavy (non-hydrogen) atoms. The Hall–Kier alpha value is -8.60. The summed E-state index contributed by atoms with van der Waals surface area (Å²) in [5.74, 6) is 1.48. The van der Waals surface area contributed by atoms with Gasteiger partial charge in [0, 0.05) is 48.4 Å². The summed E-state index contributed by atoms with van der Waals surface area (Å²) >= 11 is 0. The Bertz CT molecular complexity index is 3380. The van der Waals surface area contributed by atoms with Crippen molar-refractivity contribution >= 4 is 34.4 Å². The molecule has 2 unspecified atom stereocenters. The summed E-state index contributed by atoms with van der Waals surface area (Å²) in [6.45, 7) is 5.08. The van der Waals surface area contributed by atoms with Crippen LogP contribution in [0.3, 0.4) is 0 Å². The maximum absolute atomic E-state index is 14.5. The minimum atomic E-state index is -0.395. The van der Waals surface area contributed by atoms with E-state index < -0.39 is 11.8 Å². The predicted molar refractivity (Wildman–Crippen MR) is 255 cm³/mol. The maximum Gasteiger partial charge on any atom is 0.260 e. The zero-order chi connectivity index (χ0) is 46.3. The number of hydrogen-bond acceptors (Lipinski definition) is 12. The van der Waals surface area contributed by atoms with Crippen molar-refractivity contribution < 1.29 is 19.1 Å². The molecule has 2 atom stereocenters. The van der Waals surface area contributed by atoms with Gasteiger partial charge in [0.1, 0.15) is 47.2 Å². The van der Waals surface area contributed by atoms with Crippen LogP contribution in [0, 0.1) is 6.92 Å². The lowest BCUT2D eigenvalue weighted by atomic mass is 9.95. The van der Waals surface area contributed by atoms with Gasteiger partial charge in [-0.2, -0.15) is 5.10 Å². The summed E-state index contributed by atoms with van der Waals surface area (Å²) in [7, 11) is 1.91. The van der Waals surface area contributed by atoms with Gasteiger partial charge < -0.3 is 29.2 Å². The molecule has 0 saturated heterocycles. The van der Waals surface area contributed by atoms with Gasteiger partial charge in [-0.15, -0.1) is 20.4 Å². The first-order chi connectivity index (χ1) is 33.2. The van der Waals surface area contributed by atoms with E-state index in [1.165, 1.54) is 0 Å². The molecule has 338 valence electrons. The molecule has 0 radical (unpaired) electrons. The molecule has 8 heterocycles. The Morgan fingerprint density at radius 2 is 1.41 bits per heavy atom. The van der Waals surface area contributed by atoms with Gasteiger partial charge in [-0.05, 0) is 122 Å². The van der Waals surface area contributed by atoms with Crippen LogP contribution in [-0.2, 0) is 13.6 Å². The fourth-order valence-corrected chi connectivity index (χ4v) is 8.87. The van der Waals surface area contributed by atoms with Crippen LogP contribution < -0.4 is 20.1 Å².